The quantitative estimate of drug-likeness (QED) is 0.509. The lowest BCUT2D eigenvalue weighted by molar-refractivity contribution is 0.174. The summed E-state index contributed by atoms with van der Waals surface area (Å²) in [5.74, 6) is 1.06. The molecular formula is C24H25FN4O4. The van der Waals surface area contributed by atoms with Gasteiger partial charge in [-0.1, -0.05) is 17.3 Å². The third-order valence-corrected chi connectivity index (χ3v) is 5.53. The number of carbonyl (C=O) groups excluding carboxylic acids is 1. The largest absolute Gasteiger partial charge is 0.497 e. The summed E-state index contributed by atoms with van der Waals surface area (Å²) in [7, 11) is 3.22. The Balaban J connectivity index is 1.74. The summed E-state index contributed by atoms with van der Waals surface area (Å²) < 4.78 is 29.5. The second kappa shape index (κ2) is 9.83. The van der Waals surface area contributed by atoms with Gasteiger partial charge < -0.3 is 19.3 Å². The zero-order valence-corrected chi connectivity index (χ0v) is 18.7. The first-order chi connectivity index (χ1) is 16.0. The molecule has 1 aromatic heterocycles. The topological polar surface area (TPSA) is 89.7 Å². The highest BCUT2D eigenvalue weighted by molar-refractivity contribution is 5.86. The van der Waals surface area contributed by atoms with Gasteiger partial charge in [-0.3, -0.25) is 4.90 Å². The number of carbonyl (C=O) groups is 1. The Morgan fingerprint density at radius 2 is 1.85 bits per heavy atom. The van der Waals surface area contributed by atoms with Crippen LogP contribution in [0.4, 0.5) is 9.18 Å². The van der Waals surface area contributed by atoms with Gasteiger partial charge in [0.2, 0.25) is 5.82 Å². The minimum absolute atomic E-state index is 0.253. The van der Waals surface area contributed by atoms with Gasteiger partial charge in [-0.15, -0.1) is 0 Å². The van der Waals surface area contributed by atoms with Crippen LogP contribution in [-0.4, -0.2) is 48.4 Å². The van der Waals surface area contributed by atoms with E-state index < -0.39 is 6.04 Å². The number of halogens is 1. The zero-order chi connectivity index (χ0) is 23.4. The van der Waals surface area contributed by atoms with E-state index in [1.807, 2.05) is 31.2 Å². The van der Waals surface area contributed by atoms with Gasteiger partial charge in [-0.25, -0.2) is 9.18 Å². The molecule has 8 nitrogen and oxygen atoms in total. The maximum absolute atomic E-state index is 13.5. The summed E-state index contributed by atoms with van der Waals surface area (Å²) in [5, 5.41) is 7.13. The molecule has 0 saturated carbocycles. The summed E-state index contributed by atoms with van der Waals surface area (Å²) in [6.45, 7) is 2.83. The van der Waals surface area contributed by atoms with Gasteiger partial charge in [0, 0.05) is 31.5 Å². The Hall–Kier alpha value is -3.72. The lowest BCUT2D eigenvalue weighted by Gasteiger charge is -2.35. The smallest absolute Gasteiger partial charge is 0.322 e. The van der Waals surface area contributed by atoms with E-state index in [1.54, 1.807) is 31.3 Å². The monoisotopic (exact) mass is 452 g/mol. The molecule has 0 radical (unpaired) electrons. The molecule has 1 N–H and O–H groups in total. The van der Waals surface area contributed by atoms with Crippen LogP contribution in [0.5, 0.6) is 5.75 Å². The molecule has 0 aliphatic carbocycles. The highest BCUT2D eigenvalue weighted by Gasteiger charge is 2.35. The number of benzene rings is 2. The average Bonchev–Trinajstić information content (AvgIpc) is 3.31. The van der Waals surface area contributed by atoms with Crippen molar-refractivity contribution in [2.24, 2.45) is 0 Å². The standard InChI is InChI=1S/C24H25FN4O4/c1-15-20(23-27-22(28-33-23)17-7-11-19(32-3)12-8-17)21(16-5-9-18(25)10-6-16)26-24(30)29(15)13-4-14-31-2/h5-12,21H,4,13-14H2,1-3H3,(H,26,30). The van der Waals surface area contributed by atoms with Gasteiger partial charge in [0.05, 0.1) is 18.7 Å². The van der Waals surface area contributed by atoms with E-state index in [0.717, 1.165) is 11.3 Å². The number of nitrogens with zero attached hydrogens (tertiary/aromatic N) is 3. The Kier molecular flexibility index (Phi) is 6.69. The predicted molar refractivity (Wildman–Crippen MR) is 120 cm³/mol. The molecule has 0 fully saturated rings. The minimum atomic E-state index is -0.569. The van der Waals surface area contributed by atoms with E-state index in [-0.39, 0.29) is 17.7 Å². The molecule has 0 spiro atoms. The lowest BCUT2D eigenvalue weighted by atomic mass is 9.94. The number of hydrogen-bond acceptors (Lipinski definition) is 6. The van der Waals surface area contributed by atoms with Crippen molar-refractivity contribution in [2.45, 2.75) is 19.4 Å². The third-order valence-electron chi connectivity index (χ3n) is 5.53. The summed E-state index contributed by atoms with van der Waals surface area (Å²) in [4.78, 5) is 19.1. The van der Waals surface area contributed by atoms with Crippen LogP contribution < -0.4 is 10.1 Å². The van der Waals surface area contributed by atoms with Crippen LogP contribution >= 0.6 is 0 Å². The van der Waals surface area contributed by atoms with E-state index in [1.165, 1.54) is 12.1 Å². The predicted octanol–water partition coefficient (Wildman–Crippen LogP) is 4.42. The van der Waals surface area contributed by atoms with Gasteiger partial charge in [0.1, 0.15) is 11.6 Å². The van der Waals surface area contributed by atoms with Crippen LogP contribution in [0.25, 0.3) is 17.0 Å². The molecular weight excluding hydrogens is 427 g/mol. The molecule has 0 saturated heterocycles. The zero-order valence-electron chi connectivity index (χ0n) is 18.7. The van der Waals surface area contributed by atoms with Crippen LogP contribution in [-0.2, 0) is 4.74 Å². The van der Waals surface area contributed by atoms with Crippen molar-refractivity contribution < 1.29 is 23.2 Å². The normalized spacial score (nSPS) is 16.2. The highest BCUT2D eigenvalue weighted by Crippen LogP contribution is 2.37. The summed E-state index contributed by atoms with van der Waals surface area (Å²) in [5.41, 5.74) is 2.82. The van der Waals surface area contributed by atoms with Crippen molar-refractivity contribution in [1.29, 1.82) is 0 Å². The number of nitrogens with one attached hydrogen (secondary N) is 1. The van der Waals surface area contributed by atoms with Crippen LogP contribution in [0.2, 0.25) is 0 Å². The Morgan fingerprint density at radius 1 is 1.12 bits per heavy atom. The number of hydrogen-bond donors (Lipinski definition) is 1. The SMILES string of the molecule is COCCCN1C(=O)NC(c2ccc(F)cc2)C(c2nc(-c3ccc(OC)cc3)no2)=C1C. The van der Waals surface area contributed by atoms with Gasteiger partial charge in [-0.05, 0) is 55.3 Å². The first kappa shape index (κ1) is 22.5. The minimum Gasteiger partial charge on any atom is -0.497 e. The van der Waals surface area contributed by atoms with Gasteiger partial charge in [-0.2, -0.15) is 4.98 Å². The molecule has 2 amide bonds. The molecule has 4 rings (SSSR count). The van der Waals surface area contributed by atoms with E-state index in [9.17, 15) is 9.18 Å². The van der Waals surface area contributed by atoms with E-state index in [4.69, 9.17) is 14.0 Å². The van der Waals surface area contributed by atoms with Crippen molar-refractivity contribution >= 4 is 11.6 Å². The van der Waals surface area contributed by atoms with Crippen molar-refractivity contribution in [3.8, 4) is 17.1 Å². The summed E-state index contributed by atoms with van der Waals surface area (Å²) >= 11 is 0. The second-order valence-electron chi connectivity index (χ2n) is 7.58. The first-order valence-electron chi connectivity index (χ1n) is 10.5. The Morgan fingerprint density at radius 3 is 2.52 bits per heavy atom. The van der Waals surface area contributed by atoms with Gasteiger partial charge >= 0.3 is 6.03 Å². The molecule has 2 aromatic carbocycles. The molecule has 0 bridgehead atoms. The van der Waals surface area contributed by atoms with Gasteiger partial charge in [0.25, 0.3) is 5.89 Å². The fourth-order valence-corrected chi connectivity index (χ4v) is 3.79. The molecule has 9 heteroatoms. The second-order valence-corrected chi connectivity index (χ2v) is 7.58. The number of rotatable bonds is 8. The fourth-order valence-electron chi connectivity index (χ4n) is 3.79. The molecule has 2 heterocycles. The molecule has 33 heavy (non-hydrogen) atoms. The number of allylic oxidation sites excluding steroid dienone is 1. The van der Waals surface area contributed by atoms with Crippen molar-refractivity contribution in [3.63, 3.8) is 0 Å². The van der Waals surface area contributed by atoms with Crippen LogP contribution in [0.3, 0.4) is 0 Å². The summed E-state index contributed by atoms with van der Waals surface area (Å²) in [6, 6.07) is 12.5. The third kappa shape index (κ3) is 4.73. The van der Waals surface area contributed by atoms with E-state index >= 15 is 0 Å². The number of ether oxygens (including phenoxy) is 2. The Bertz CT molecular complexity index is 1140. The van der Waals surface area contributed by atoms with Crippen LogP contribution in [0.1, 0.15) is 30.8 Å². The first-order valence-corrected chi connectivity index (χ1v) is 10.5. The average molecular weight is 452 g/mol. The van der Waals surface area contributed by atoms with Crippen LogP contribution in [0, 0.1) is 5.82 Å². The molecule has 1 unspecified atom stereocenters. The van der Waals surface area contributed by atoms with Crippen molar-refractivity contribution in [1.82, 2.24) is 20.4 Å². The maximum Gasteiger partial charge on any atom is 0.322 e. The van der Waals surface area contributed by atoms with E-state index in [2.05, 4.69) is 15.5 Å². The van der Waals surface area contributed by atoms with Gasteiger partial charge in [0.15, 0.2) is 0 Å². The number of urea groups is 1. The van der Waals surface area contributed by atoms with Crippen LogP contribution in [0.15, 0.2) is 58.8 Å². The molecule has 1 atom stereocenters. The molecule has 1 aliphatic rings. The van der Waals surface area contributed by atoms with Crippen molar-refractivity contribution in [2.75, 3.05) is 27.4 Å². The number of aromatic nitrogens is 2. The maximum atomic E-state index is 13.5. The molecule has 3 aromatic rings. The fraction of sp³-hybridized carbons (Fsp3) is 0.292. The number of amides is 2. The van der Waals surface area contributed by atoms with Crippen molar-refractivity contribution in [3.05, 3.63) is 71.5 Å². The Labute approximate surface area is 191 Å². The summed E-state index contributed by atoms with van der Waals surface area (Å²) in [6.07, 6.45) is 0.663. The lowest BCUT2D eigenvalue weighted by Crippen LogP contribution is -2.46. The highest BCUT2D eigenvalue weighted by atomic mass is 19.1. The number of methoxy groups -OCH3 is 2. The van der Waals surface area contributed by atoms with E-state index in [0.29, 0.717) is 42.2 Å². The molecule has 172 valence electrons. The molecule has 1 aliphatic heterocycles.